The van der Waals surface area contributed by atoms with E-state index in [-0.39, 0.29) is 11.7 Å². The topological polar surface area (TPSA) is 40.6 Å². The maximum atomic E-state index is 12.0. The van der Waals surface area contributed by atoms with Crippen LogP contribution in [0, 0.1) is 0 Å². The van der Waals surface area contributed by atoms with Crippen molar-refractivity contribution in [3.8, 4) is 0 Å². The van der Waals surface area contributed by atoms with Crippen molar-refractivity contribution in [2.75, 3.05) is 26.7 Å². The molecule has 1 aliphatic rings. The third kappa shape index (κ3) is 2.82. The highest BCUT2D eigenvalue weighted by Gasteiger charge is 2.39. The van der Waals surface area contributed by atoms with Crippen LogP contribution in [0.4, 0.5) is 0 Å². The first-order chi connectivity index (χ1) is 7.35. The van der Waals surface area contributed by atoms with Crippen molar-refractivity contribution in [1.82, 2.24) is 9.80 Å². The maximum absolute atomic E-state index is 12.0. The van der Waals surface area contributed by atoms with E-state index in [1.807, 2.05) is 20.9 Å². The summed E-state index contributed by atoms with van der Waals surface area (Å²) in [5, 5.41) is 0. The monoisotopic (exact) mass is 226 g/mol. The summed E-state index contributed by atoms with van der Waals surface area (Å²) in [5.41, 5.74) is -0.427. The molecule has 0 atom stereocenters. The highest BCUT2D eigenvalue weighted by atomic mass is 16.2. The molecular formula is C12H22N2O2. The SMILES string of the molecule is CC(=O)CCCN1CCN(C)C(=O)C1(C)C. The number of Topliss-reactive ketones (excluding diaryl/α,β-unsaturated/α-hetero) is 1. The van der Waals surface area contributed by atoms with Gasteiger partial charge in [-0.15, -0.1) is 0 Å². The number of hydrogen-bond donors (Lipinski definition) is 0. The lowest BCUT2D eigenvalue weighted by atomic mass is 9.97. The molecule has 0 radical (unpaired) electrons. The summed E-state index contributed by atoms with van der Waals surface area (Å²) in [7, 11) is 1.84. The second-order valence-corrected chi connectivity index (χ2v) is 5.08. The molecule has 1 saturated heterocycles. The minimum Gasteiger partial charge on any atom is -0.343 e. The van der Waals surface area contributed by atoms with Gasteiger partial charge in [0.25, 0.3) is 0 Å². The van der Waals surface area contributed by atoms with Gasteiger partial charge in [-0.1, -0.05) is 0 Å². The predicted molar refractivity (Wildman–Crippen MR) is 63.2 cm³/mol. The van der Waals surface area contributed by atoms with E-state index in [4.69, 9.17) is 0 Å². The van der Waals surface area contributed by atoms with Crippen LogP contribution in [0.3, 0.4) is 0 Å². The Morgan fingerprint density at radius 1 is 1.38 bits per heavy atom. The molecule has 0 aliphatic carbocycles. The molecule has 1 fully saturated rings. The number of nitrogens with zero attached hydrogens (tertiary/aromatic N) is 2. The molecule has 1 aliphatic heterocycles. The first kappa shape index (κ1) is 13.2. The smallest absolute Gasteiger partial charge is 0.242 e. The van der Waals surface area contributed by atoms with Gasteiger partial charge in [0, 0.05) is 26.6 Å². The number of piperazine rings is 1. The number of rotatable bonds is 4. The minimum atomic E-state index is -0.427. The Balaban J connectivity index is 2.53. The van der Waals surface area contributed by atoms with Crippen LogP contribution in [0.15, 0.2) is 0 Å². The van der Waals surface area contributed by atoms with Crippen molar-refractivity contribution in [2.45, 2.75) is 39.2 Å². The first-order valence-corrected chi connectivity index (χ1v) is 5.85. The van der Waals surface area contributed by atoms with Crippen LogP contribution in [0.5, 0.6) is 0 Å². The first-order valence-electron chi connectivity index (χ1n) is 5.85. The van der Waals surface area contributed by atoms with Gasteiger partial charge in [0.1, 0.15) is 5.78 Å². The summed E-state index contributed by atoms with van der Waals surface area (Å²) in [6, 6.07) is 0. The van der Waals surface area contributed by atoms with Crippen molar-refractivity contribution in [1.29, 1.82) is 0 Å². The Hall–Kier alpha value is -0.900. The summed E-state index contributed by atoms with van der Waals surface area (Å²) in [5.74, 6) is 0.389. The fourth-order valence-electron chi connectivity index (χ4n) is 2.16. The number of ketones is 1. The minimum absolute atomic E-state index is 0.168. The molecule has 0 unspecified atom stereocenters. The zero-order valence-electron chi connectivity index (χ0n) is 10.7. The maximum Gasteiger partial charge on any atom is 0.242 e. The number of carbonyl (C=O) groups is 2. The van der Waals surface area contributed by atoms with Crippen molar-refractivity contribution in [2.24, 2.45) is 0 Å². The van der Waals surface area contributed by atoms with Gasteiger partial charge in [-0.3, -0.25) is 9.69 Å². The summed E-state index contributed by atoms with van der Waals surface area (Å²) in [4.78, 5) is 26.8. The molecule has 92 valence electrons. The van der Waals surface area contributed by atoms with Gasteiger partial charge >= 0.3 is 0 Å². The van der Waals surface area contributed by atoms with Gasteiger partial charge in [-0.05, 0) is 33.7 Å². The quantitative estimate of drug-likeness (QED) is 0.715. The van der Waals surface area contributed by atoms with Gasteiger partial charge in [-0.2, -0.15) is 0 Å². The molecular weight excluding hydrogens is 204 g/mol. The Kier molecular flexibility index (Phi) is 4.08. The molecule has 0 spiro atoms. The lowest BCUT2D eigenvalue weighted by Crippen LogP contribution is -2.62. The van der Waals surface area contributed by atoms with Gasteiger partial charge in [0.2, 0.25) is 5.91 Å². The van der Waals surface area contributed by atoms with E-state index >= 15 is 0 Å². The zero-order valence-corrected chi connectivity index (χ0v) is 10.7. The molecule has 1 heterocycles. The Morgan fingerprint density at radius 3 is 2.56 bits per heavy atom. The fraction of sp³-hybridized carbons (Fsp3) is 0.833. The highest BCUT2D eigenvalue weighted by molar-refractivity contribution is 5.86. The van der Waals surface area contributed by atoms with Crippen molar-refractivity contribution in [3.05, 3.63) is 0 Å². The number of amides is 1. The van der Waals surface area contributed by atoms with E-state index in [2.05, 4.69) is 4.90 Å². The highest BCUT2D eigenvalue weighted by Crippen LogP contribution is 2.21. The third-order valence-corrected chi connectivity index (χ3v) is 3.32. The molecule has 0 aromatic carbocycles. The third-order valence-electron chi connectivity index (χ3n) is 3.32. The predicted octanol–water partition coefficient (Wildman–Crippen LogP) is 0.908. The molecule has 1 rings (SSSR count). The lowest BCUT2D eigenvalue weighted by molar-refractivity contribution is -0.147. The molecule has 0 aromatic heterocycles. The summed E-state index contributed by atoms with van der Waals surface area (Å²) >= 11 is 0. The molecule has 0 N–H and O–H groups in total. The molecule has 0 bridgehead atoms. The largest absolute Gasteiger partial charge is 0.343 e. The fourth-order valence-corrected chi connectivity index (χ4v) is 2.16. The Morgan fingerprint density at radius 2 is 2.00 bits per heavy atom. The molecule has 1 amide bonds. The normalized spacial score (nSPS) is 21.2. The van der Waals surface area contributed by atoms with E-state index in [0.29, 0.717) is 6.42 Å². The van der Waals surface area contributed by atoms with Crippen LogP contribution in [-0.2, 0) is 9.59 Å². The van der Waals surface area contributed by atoms with Crippen LogP contribution < -0.4 is 0 Å². The number of hydrogen-bond acceptors (Lipinski definition) is 3. The molecule has 0 saturated carbocycles. The van der Waals surface area contributed by atoms with Crippen LogP contribution in [0.2, 0.25) is 0 Å². The average Bonchev–Trinajstić information content (AvgIpc) is 2.18. The zero-order chi connectivity index (χ0) is 12.3. The second-order valence-electron chi connectivity index (χ2n) is 5.08. The molecule has 0 aromatic rings. The second kappa shape index (κ2) is 4.95. The molecule has 4 nitrogen and oxygen atoms in total. The summed E-state index contributed by atoms with van der Waals surface area (Å²) in [6.45, 7) is 8.03. The number of carbonyl (C=O) groups excluding carboxylic acids is 2. The standard InChI is InChI=1S/C12H22N2O2/c1-10(15)6-5-7-14-9-8-13(4)11(16)12(14,2)3/h5-9H2,1-4H3. The summed E-state index contributed by atoms with van der Waals surface area (Å²) in [6.07, 6.45) is 1.45. The van der Waals surface area contributed by atoms with E-state index in [1.165, 1.54) is 0 Å². The van der Waals surface area contributed by atoms with Crippen molar-refractivity contribution in [3.63, 3.8) is 0 Å². The van der Waals surface area contributed by atoms with Gasteiger partial charge < -0.3 is 9.69 Å². The van der Waals surface area contributed by atoms with E-state index in [0.717, 1.165) is 26.1 Å². The number of likely N-dealkylation sites (N-methyl/N-ethyl adjacent to an activating group) is 1. The van der Waals surface area contributed by atoms with Gasteiger partial charge in [0.15, 0.2) is 0 Å². The molecule has 16 heavy (non-hydrogen) atoms. The summed E-state index contributed by atoms with van der Waals surface area (Å²) < 4.78 is 0. The van der Waals surface area contributed by atoms with Crippen LogP contribution in [0.25, 0.3) is 0 Å². The van der Waals surface area contributed by atoms with Crippen molar-refractivity contribution < 1.29 is 9.59 Å². The van der Waals surface area contributed by atoms with E-state index in [9.17, 15) is 9.59 Å². The Bertz CT molecular complexity index is 287. The molecule has 4 heteroatoms. The Labute approximate surface area is 97.6 Å². The van der Waals surface area contributed by atoms with Crippen LogP contribution >= 0.6 is 0 Å². The average molecular weight is 226 g/mol. The van der Waals surface area contributed by atoms with Gasteiger partial charge in [0.05, 0.1) is 5.54 Å². The van der Waals surface area contributed by atoms with Gasteiger partial charge in [-0.25, -0.2) is 0 Å². The van der Waals surface area contributed by atoms with E-state index in [1.54, 1.807) is 11.8 Å². The lowest BCUT2D eigenvalue weighted by Gasteiger charge is -2.44. The van der Waals surface area contributed by atoms with Crippen LogP contribution in [0.1, 0.15) is 33.6 Å². The van der Waals surface area contributed by atoms with E-state index < -0.39 is 5.54 Å². The van der Waals surface area contributed by atoms with Crippen LogP contribution in [-0.4, -0.2) is 53.7 Å². The van der Waals surface area contributed by atoms with Crippen molar-refractivity contribution >= 4 is 11.7 Å².